The van der Waals surface area contributed by atoms with E-state index in [4.69, 9.17) is 0 Å². The van der Waals surface area contributed by atoms with E-state index in [9.17, 15) is 0 Å². The normalized spacial score (nSPS) is 12.3. The van der Waals surface area contributed by atoms with Crippen molar-refractivity contribution in [1.82, 2.24) is 0 Å². The molecule has 0 radical (unpaired) electrons. The molecule has 52 valence electrons. The molecule has 0 aliphatic rings. The van der Waals surface area contributed by atoms with E-state index in [1.807, 2.05) is 0 Å². The van der Waals surface area contributed by atoms with E-state index < -0.39 is 0 Å². The number of hydrogen-bond donors (Lipinski definition) is 0. The quantitative estimate of drug-likeness (QED) is 0.533. The van der Waals surface area contributed by atoms with Gasteiger partial charge >= 0.3 is 59.0 Å². The standard InChI is InChI=1S/C8H16P/c1-4-6-8(3)7-9-5-2/h5,7-8H,4,6H2,1-3H3/q+1. The third kappa shape index (κ3) is 6.05. The Kier molecular flexibility index (Phi) is 6.41. The Balaban J connectivity index is 3.49. The van der Waals surface area contributed by atoms with Gasteiger partial charge in [-0.1, -0.05) is 0 Å². The molecule has 0 aromatic carbocycles. The van der Waals surface area contributed by atoms with Gasteiger partial charge in [0.1, 0.15) is 0 Å². The van der Waals surface area contributed by atoms with Crippen LogP contribution < -0.4 is 0 Å². The Bertz CT molecular complexity index is 110. The molecule has 0 fully saturated rings. The minimum absolute atomic E-state index is 0.799. The summed E-state index contributed by atoms with van der Waals surface area (Å²) in [6.45, 7) is 6.60. The van der Waals surface area contributed by atoms with Gasteiger partial charge in [0.05, 0.1) is 0 Å². The van der Waals surface area contributed by atoms with Crippen LogP contribution in [0, 0.1) is 5.92 Å². The molecule has 0 bridgehead atoms. The second kappa shape index (κ2) is 6.29. The Morgan fingerprint density at radius 3 is 2.67 bits per heavy atom. The van der Waals surface area contributed by atoms with Crippen molar-refractivity contribution in [3.63, 3.8) is 0 Å². The molecule has 0 N–H and O–H groups in total. The summed E-state index contributed by atoms with van der Waals surface area (Å²) in [6.07, 6.45) is 2.64. The van der Waals surface area contributed by atoms with E-state index in [-0.39, 0.29) is 0 Å². The van der Waals surface area contributed by atoms with Gasteiger partial charge in [0.25, 0.3) is 0 Å². The van der Waals surface area contributed by atoms with Crippen LogP contribution in [-0.4, -0.2) is 11.6 Å². The summed E-state index contributed by atoms with van der Waals surface area (Å²) in [6, 6.07) is 0. The van der Waals surface area contributed by atoms with E-state index >= 15 is 0 Å². The van der Waals surface area contributed by atoms with Gasteiger partial charge in [-0.3, -0.25) is 0 Å². The molecule has 0 aromatic rings. The van der Waals surface area contributed by atoms with Gasteiger partial charge in [0.2, 0.25) is 0 Å². The fraction of sp³-hybridized carbons (Fsp3) is 0.750. The van der Waals surface area contributed by atoms with Gasteiger partial charge in [0, 0.05) is 0 Å². The Hall–Kier alpha value is 0.170. The molecule has 0 heterocycles. The van der Waals surface area contributed by atoms with E-state index in [1.165, 1.54) is 20.7 Å². The molecule has 0 nitrogen and oxygen atoms in total. The average Bonchev–Trinajstić information content (AvgIpc) is 1.85. The summed E-state index contributed by atoms with van der Waals surface area (Å²) >= 11 is 0. The fourth-order valence-corrected chi connectivity index (χ4v) is 1.38. The van der Waals surface area contributed by atoms with E-state index in [0.29, 0.717) is 0 Å². The maximum absolute atomic E-state index is 2.35. The molecular formula is C8H16P+. The zero-order valence-electron chi connectivity index (χ0n) is 6.59. The van der Waals surface area contributed by atoms with Crippen LogP contribution in [0.25, 0.3) is 0 Å². The van der Waals surface area contributed by atoms with E-state index in [0.717, 1.165) is 5.92 Å². The maximum atomic E-state index is 2.35. The molecule has 0 rings (SSSR count). The molecular weight excluding hydrogens is 127 g/mol. The third-order valence-corrected chi connectivity index (χ3v) is 2.21. The number of rotatable bonds is 3. The molecule has 0 saturated carbocycles. The van der Waals surface area contributed by atoms with Crippen molar-refractivity contribution in [2.24, 2.45) is 5.92 Å². The van der Waals surface area contributed by atoms with Crippen LogP contribution in [-0.2, 0) is 0 Å². The molecule has 1 unspecified atom stereocenters. The summed E-state index contributed by atoms with van der Waals surface area (Å²) in [5.41, 5.74) is 0. The predicted molar refractivity (Wildman–Crippen MR) is 48.8 cm³/mol. The van der Waals surface area contributed by atoms with Crippen LogP contribution in [0.2, 0.25) is 0 Å². The zero-order chi connectivity index (χ0) is 7.11. The average molecular weight is 143 g/mol. The SMILES string of the molecule is CC=[P+]=CC(C)CCC. The fourth-order valence-electron chi connectivity index (χ4n) is 0.763. The van der Waals surface area contributed by atoms with Crippen molar-refractivity contribution in [2.45, 2.75) is 33.6 Å². The van der Waals surface area contributed by atoms with Crippen LogP contribution in [0.15, 0.2) is 0 Å². The summed E-state index contributed by atoms with van der Waals surface area (Å²) in [7, 11) is 1.38. The predicted octanol–water partition coefficient (Wildman–Crippen LogP) is 2.99. The second-order valence-electron chi connectivity index (χ2n) is 2.32. The molecule has 0 amide bonds. The Morgan fingerprint density at radius 1 is 1.56 bits per heavy atom. The van der Waals surface area contributed by atoms with E-state index in [2.05, 4.69) is 32.4 Å². The summed E-state index contributed by atoms with van der Waals surface area (Å²) < 4.78 is 0. The first-order chi connectivity index (χ1) is 4.31. The van der Waals surface area contributed by atoms with Crippen molar-refractivity contribution in [3.05, 3.63) is 0 Å². The van der Waals surface area contributed by atoms with Crippen molar-refractivity contribution < 1.29 is 0 Å². The first kappa shape index (κ1) is 9.17. The third-order valence-electron chi connectivity index (χ3n) is 1.23. The van der Waals surface area contributed by atoms with Crippen LogP contribution in [0.1, 0.15) is 33.6 Å². The molecule has 0 saturated heterocycles. The Morgan fingerprint density at radius 2 is 2.22 bits per heavy atom. The van der Waals surface area contributed by atoms with E-state index in [1.54, 1.807) is 0 Å². The molecule has 0 aromatic heterocycles. The van der Waals surface area contributed by atoms with Gasteiger partial charge in [-0.15, -0.1) is 0 Å². The van der Waals surface area contributed by atoms with Gasteiger partial charge < -0.3 is 0 Å². The van der Waals surface area contributed by atoms with Gasteiger partial charge in [-0.05, 0) is 0 Å². The van der Waals surface area contributed by atoms with Crippen molar-refractivity contribution in [3.8, 4) is 0 Å². The van der Waals surface area contributed by atoms with Crippen molar-refractivity contribution in [1.29, 1.82) is 0 Å². The van der Waals surface area contributed by atoms with Crippen LogP contribution in [0.3, 0.4) is 0 Å². The topological polar surface area (TPSA) is 0 Å². The van der Waals surface area contributed by atoms with Crippen LogP contribution in [0.4, 0.5) is 0 Å². The van der Waals surface area contributed by atoms with Crippen molar-refractivity contribution >= 4 is 19.4 Å². The molecule has 0 spiro atoms. The van der Waals surface area contributed by atoms with Crippen molar-refractivity contribution in [2.75, 3.05) is 0 Å². The molecule has 0 aliphatic carbocycles. The molecule has 1 atom stereocenters. The second-order valence-corrected chi connectivity index (χ2v) is 3.43. The Labute approximate surface area is 59.7 Å². The van der Waals surface area contributed by atoms with Gasteiger partial charge in [-0.25, -0.2) is 0 Å². The summed E-state index contributed by atoms with van der Waals surface area (Å²) in [5, 5.41) is 0. The van der Waals surface area contributed by atoms with Crippen LogP contribution in [0.5, 0.6) is 0 Å². The monoisotopic (exact) mass is 143 g/mol. The molecule has 9 heavy (non-hydrogen) atoms. The first-order valence-corrected chi connectivity index (χ1v) is 4.65. The molecule has 1 heteroatoms. The van der Waals surface area contributed by atoms with Gasteiger partial charge in [0.15, 0.2) is 0 Å². The first-order valence-electron chi connectivity index (χ1n) is 3.62. The zero-order valence-corrected chi connectivity index (χ0v) is 7.49. The van der Waals surface area contributed by atoms with Gasteiger partial charge in [-0.2, -0.15) is 0 Å². The molecule has 0 aliphatic heterocycles. The number of hydrogen-bond acceptors (Lipinski definition) is 0. The minimum atomic E-state index is 0.799. The summed E-state index contributed by atoms with van der Waals surface area (Å²) in [5.74, 6) is 5.32. The summed E-state index contributed by atoms with van der Waals surface area (Å²) in [4.78, 5) is 0. The van der Waals surface area contributed by atoms with Crippen LogP contribution >= 0.6 is 7.83 Å².